The summed E-state index contributed by atoms with van der Waals surface area (Å²) in [5.74, 6) is 0.885. The molecule has 0 aromatic carbocycles. The fourth-order valence-electron chi connectivity index (χ4n) is 1.36. The van der Waals surface area contributed by atoms with Gasteiger partial charge in [-0.3, -0.25) is 0 Å². The van der Waals surface area contributed by atoms with Gasteiger partial charge in [0.2, 0.25) is 0 Å². The Morgan fingerprint density at radius 2 is 2.33 bits per heavy atom. The lowest BCUT2D eigenvalue weighted by atomic mass is 10.3. The van der Waals surface area contributed by atoms with Crippen molar-refractivity contribution in [1.29, 1.82) is 0 Å². The van der Waals surface area contributed by atoms with Crippen LogP contribution in [0.1, 0.15) is 12.5 Å². The molecular formula is C10H14N4S. The van der Waals surface area contributed by atoms with Crippen LogP contribution in [0.25, 0.3) is 10.2 Å². The van der Waals surface area contributed by atoms with E-state index in [9.17, 15) is 0 Å². The van der Waals surface area contributed by atoms with Gasteiger partial charge in [-0.2, -0.15) is 0 Å². The van der Waals surface area contributed by atoms with Gasteiger partial charge < -0.3 is 11.1 Å². The third-order valence-electron chi connectivity index (χ3n) is 2.27. The summed E-state index contributed by atoms with van der Waals surface area (Å²) < 4.78 is 1.11. The van der Waals surface area contributed by atoms with Crippen LogP contribution in [-0.4, -0.2) is 22.6 Å². The average Bonchev–Trinajstić information content (AvgIpc) is 2.62. The van der Waals surface area contributed by atoms with E-state index >= 15 is 0 Å². The van der Waals surface area contributed by atoms with Crippen LogP contribution in [0.2, 0.25) is 0 Å². The monoisotopic (exact) mass is 222 g/mol. The van der Waals surface area contributed by atoms with E-state index in [2.05, 4.69) is 27.6 Å². The number of nitrogens with two attached hydrogens (primary N) is 1. The molecule has 0 radical (unpaired) electrons. The van der Waals surface area contributed by atoms with Crippen molar-refractivity contribution in [1.82, 2.24) is 9.97 Å². The molecule has 15 heavy (non-hydrogen) atoms. The lowest BCUT2D eigenvalue weighted by Gasteiger charge is -2.11. The Kier molecular flexibility index (Phi) is 2.83. The van der Waals surface area contributed by atoms with Crippen molar-refractivity contribution >= 4 is 27.4 Å². The summed E-state index contributed by atoms with van der Waals surface area (Å²) in [6.45, 7) is 4.69. The maximum atomic E-state index is 5.57. The molecule has 1 atom stereocenters. The van der Waals surface area contributed by atoms with Crippen LogP contribution in [0.4, 0.5) is 5.82 Å². The molecule has 1 unspecified atom stereocenters. The molecule has 2 heterocycles. The number of nitrogens with one attached hydrogen (secondary N) is 1. The number of rotatable bonds is 3. The lowest BCUT2D eigenvalue weighted by Crippen LogP contribution is -2.25. The van der Waals surface area contributed by atoms with Crippen LogP contribution in [0.5, 0.6) is 0 Å². The molecule has 3 N–H and O–H groups in total. The SMILES string of the molecule is Cc1csc2c(NC(C)CN)ncnc12. The minimum atomic E-state index is 0.227. The van der Waals surface area contributed by atoms with Gasteiger partial charge in [-0.15, -0.1) is 11.3 Å². The molecule has 80 valence electrons. The first kappa shape index (κ1) is 10.3. The normalized spacial score (nSPS) is 13.0. The molecule has 0 saturated carbocycles. The number of nitrogens with zero attached hydrogens (tertiary/aromatic N) is 2. The molecule has 0 fully saturated rings. The lowest BCUT2D eigenvalue weighted by molar-refractivity contribution is 0.799. The zero-order valence-electron chi connectivity index (χ0n) is 8.82. The summed E-state index contributed by atoms with van der Waals surface area (Å²) >= 11 is 1.66. The van der Waals surface area contributed by atoms with E-state index in [0.29, 0.717) is 6.54 Å². The molecule has 5 heteroatoms. The maximum absolute atomic E-state index is 5.57. The Hall–Kier alpha value is -1.20. The number of hydrogen-bond acceptors (Lipinski definition) is 5. The number of anilines is 1. The average molecular weight is 222 g/mol. The van der Waals surface area contributed by atoms with Crippen LogP contribution in [-0.2, 0) is 0 Å². The largest absolute Gasteiger partial charge is 0.365 e. The van der Waals surface area contributed by atoms with Gasteiger partial charge in [0.1, 0.15) is 12.1 Å². The molecule has 0 aliphatic heterocycles. The highest BCUT2D eigenvalue weighted by Gasteiger charge is 2.09. The summed E-state index contributed by atoms with van der Waals surface area (Å²) in [7, 11) is 0. The highest BCUT2D eigenvalue weighted by Crippen LogP contribution is 2.28. The predicted molar refractivity (Wildman–Crippen MR) is 64.3 cm³/mol. The first-order valence-electron chi connectivity index (χ1n) is 4.87. The van der Waals surface area contributed by atoms with Crippen LogP contribution in [0.15, 0.2) is 11.7 Å². The third kappa shape index (κ3) is 1.93. The molecular weight excluding hydrogens is 208 g/mol. The van der Waals surface area contributed by atoms with E-state index in [1.54, 1.807) is 17.7 Å². The molecule has 0 bridgehead atoms. The van der Waals surface area contributed by atoms with E-state index in [0.717, 1.165) is 16.0 Å². The van der Waals surface area contributed by atoms with E-state index < -0.39 is 0 Å². The van der Waals surface area contributed by atoms with Crippen molar-refractivity contribution in [2.24, 2.45) is 5.73 Å². The first-order chi connectivity index (χ1) is 7.22. The van der Waals surface area contributed by atoms with Gasteiger partial charge in [-0.25, -0.2) is 9.97 Å². The van der Waals surface area contributed by atoms with Crippen molar-refractivity contribution < 1.29 is 0 Å². The van der Waals surface area contributed by atoms with E-state index in [4.69, 9.17) is 5.73 Å². The van der Waals surface area contributed by atoms with Gasteiger partial charge in [0, 0.05) is 12.6 Å². The van der Waals surface area contributed by atoms with Gasteiger partial charge in [0.05, 0.1) is 10.2 Å². The van der Waals surface area contributed by atoms with Gasteiger partial charge >= 0.3 is 0 Å². The molecule has 0 saturated heterocycles. The highest BCUT2D eigenvalue weighted by molar-refractivity contribution is 7.18. The summed E-state index contributed by atoms with van der Waals surface area (Å²) in [5.41, 5.74) is 7.79. The molecule has 0 aliphatic rings. The number of thiophene rings is 1. The second kappa shape index (κ2) is 4.12. The van der Waals surface area contributed by atoms with Gasteiger partial charge in [0.15, 0.2) is 0 Å². The second-order valence-electron chi connectivity index (χ2n) is 3.60. The Labute approximate surface area is 92.5 Å². The van der Waals surface area contributed by atoms with Crippen LogP contribution >= 0.6 is 11.3 Å². The fraction of sp³-hybridized carbons (Fsp3) is 0.400. The quantitative estimate of drug-likeness (QED) is 0.830. The molecule has 2 aromatic rings. The summed E-state index contributed by atoms with van der Waals surface area (Å²) in [6.07, 6.45) is 1.59. The maximum Gasteiger partial charge on any atom is 0.147 e. The Balaban J connectivity index is 2.43. The summed E-state index contributed by atoms with van der Waals surface area (Å²) in [4.78, 5) is 8.50. The van der Waals surface area contributed by atoms with Gasteiger partial charge in [-0.1, -0.05) is 0 Å². The smallest absolute Gasteiger partial charge is 0.147 e. The topological polar surface area (TPSA) is 63.8 Å². The molecule has 2 aromatic heterocycles. The molecule has 0 spiro atoms. The van der Waals surface area contributed by atoms with Crippen LogP contribution in [0.3, 0.4) is 0 Å². The van der Waals surface area contributed by atoms with Gasteiger partial charge in [-0.05, 0) is 24.8 Å². The standard InChI is InChI=1S/C10H14N4S/c1-6-4-15-9-8(6)12-5-13-10(9)14-7(2)3-11/h4-5,7H,3,11H2,1-2H3,(H,12,13,14). The summed E-state index contributed by atoms with van der Waals surface area (Å²) in [5, 5.41) is 5.38. The Morgan fingerprint density at radius 3 is 3.07 bits per heavy atom. The number of aryl methyl sites for hydroxylation is 1. The van der Waals surface area contributed by atoms with Crippen molar-refractivity contribution in [3.05, 3.63) is 17.3 Å². The van der Waals surface area contributed by atoms with Crippen LogP contribution in [0, 0.1) is 6.92 Å². The fourth-order valence-corrected chi connectivity index (χ4v) is 2.32. The molecule has 4 nitrogen and oxygen atoms in total. The minimum Gasteiger partial charge on any atom is -0.365 e. The minimum absolute atomic E-state index is 0.227. The predicted octanol–water partition coefficient (Wildman–Crippen LogP) is 1.76. The second-order valence-corrected chi connectivity index (χ2v) is 4.48. The zero-order valence-corrected chi connectivity index (χ0v) is 9.64. The van der Waals surface area contributed by atoms with Gasteiger partial charge in [0.25, 0.3) is 0 Å². The van der Waals surface area contributed by atoms with E-state index in [-0.39, 0.29) is 6.04 Å². The first-order valence-corrected chi connectivity index (χ1v) is 5.75. The van der Waals surface area contributed by atoms with E-state index in [1.807, 2.05) is 6.92 Å². The molecule has 0 aliphatic carbocycles. The number of aromatic nitrogens is 2. The van der Waals surface area contributed by atoms with Crippen molar-refractivity contribution in [3.63, 3.8) is 0 Å². The third-order valence-corrected chi connectivity index (χ3v) is 3.36. The number of hydrogen-bond donors (Lipinski definition) is 2. The van der Waals surface area contributed by atoms with Crippen molar-refractivity contribution in [2.45, 2.75) is 19.9 Å². The van der Waals surface area contributed by atoms with Crippen molar-refractivity contribution in [3.8, 4) is 0 Å². The Bertz CT molecular complexity index is 465. The number of fused-ring (bicyclic) bond motifs is 1. The summed E-state index contributed by atoms with van der Waals surface area (Å²) in [6, 6.07) is 0.227. The molecule has 2 rings (SSSR count). The van der Waals surface area contributed by atoms with Crippen LogP contribution < -0.4 is 11.1 Å². The highest BCUT2D eigenvalue weighted by atomic mass is 32.1. The molecule has 0 amide bonds. The Morgan fingerprint density at radius 1 is 1.53 bits per heavy atom. The zero-order chi connectivity index (χ0) is 10.8. The van der Waals surface area contributed by atoms with Crippen molar-refractivity contribution in [2.75, 3.05) is 11.9 Å². The van der Waals surface area contributed by atoms with E-state index in [1.165, 1.54) is 5.56 Å².